The normalized spacial score (nSPS) is 10.2. The third kappa shape index (κ3) is 4.06. The monoisotopic (exact) mass is 155 g/mol. The molecule has 0 aromatic rings. The highest BCUT2D eigenvalue weighted by Crippen LogP contribution is 1.97. The van der Waals surface area contributed by atoms with Crippen LogP contribution in [0.25, 0.3) is 0 Å². The maximum Gasteiger partial charge on any atom is 0.362 e. The molecule has 60 valence electrons. The number of allylic oxidation sites excluding steroid dienone is 1. The lowest BCUT2D eigenvalue weighted by Crippen LogP contribution is -2.00. The second-order valence-electron chi connectivity index (χ2n) is 1.86. The van der Waals surface area contributed by atoms with Gasteiger partial charge in [0.2, 0.25) is 0 Å². The topological polar surface area (TPSA) is 55.7 Å². The minimum Gasteiger partial charge on any atom is -0.302 e. The Balaban J connectivity index is 4.03. The third-order valence-electron chi connectivity index (χ3n) is 0.998. The summed E-state index contributed by atoms with van der Waals surface area (Å²) in [6.45, 7) is 3.48. The first kappa shape index (κ1) is 9.59. The largest absolute Gasteiger partial charge is 0.362 e. The van der Waals surface area contributed by atoms with Crippen LogP contribution in [0.5, 0.6) is 0 Å². The summed E-state index contributed by atoms with van der Waals surface area (Å²) < 4.78 is 0. The molecule has 0 radical (unpaired) electrons. The van der Waals surface area contributed by atoms with E-state index >= 15 is 0 Å². The van der Waals surface area contributed by atoms with E-state index in [4.69, 9.17) is 0 Å². The number of hydrogen-bond acceptors (Lipinski definition) is 4. The maximum absolute atomic E-state index is 10.7. The minimum absolute atomic E-state index is 0.437. The van der Waals surface area contributed by atoms with E-state index < -0.39 is 5.97 Å². The van der Waals surface area contributed by atoms with Crippen LogP contribution in [0, 0.1) is 0 Å². The van der Waals surface area contributed by atoms with Crippen molar-refractivity contribution in [1.82, 2.24) is 0 Å². The molecule has 0 N–H and O–H groups in total. The minimum atomic E-state index is -0.616. The van der Waals surface area contributed by atoms with Crippen molar-refractivity contribution >= 4 is 12.0 Å². The zero-order chi connectivity index (χ0) is 8.69. The molecule has 0 spiro atoms. The quantitative estimate of drug-likeness (QED) is 0.202. The lowest BCUT2D eigenvalue weighted by Gasteiger charge is -1.93. The average Bonchev–Trinajstić information content (AvgIpc) is 2.00. The van der Waals surface area contributed by atoms with Crippen LogP contribution in [0.3, 0.4) is 0 Å². The van der Waals surface area contributed by atoms with Gasteiger partial charge in [0.05, 0.1) is 0 Å². The molecule has 0 saturated heterocycles. The lowest BCUT2D eigenvalue weighted by atomic mass is 10.2. The summed E-state index contributed by atoms with van der Waals surface area (Å²) in [5, 5.41) is 2.68. The smallest absolute Gasteiger partial charge is 0.302 e. The molecule has 0 fully saturated rings. The molecule has 0 aromatic heterocycles. The molecule has 0 aliphatic carbocycles. The van der Waals surface area contributed by atoms with Crippen LogP contribution in [0.4, 0.5) is 0 Å². The van der Waals surface area contributed by atoms with Gasteiger partial charge in [-0.25, -0.2) is 9.59 Å². The Kier molecular flexibility index (Phi) is 4.69. The Bertz CT molecular complexity index is 214. The summed E-state index contributed by atoms with van der Waals surface area (Å²) in [6.07, 6.45) is 3.53. The van der Waals surface area contributed by atoms with E-state index in [1.165, 1.54) is 0 Å². The van der Waals surface area contributed by atoms with Crippen LogP contribution in [0.2, 0.25) is 0 Å². The van der Waals surface area contributed by atoms with Crippen molar-refractivity contribution in [3.05, 3.63) is 11.6 Å². The average molecular weight is 155 g/mol. The van der Waals surface area contributed by atoms with Crippen molar-refractivity contribution in [3.63, 3.8) is 0 Å². The van der Waals surface area contributed by atoms with Gasteiger partial charge in [-0.2, -0.15) is 0 Å². The number of isocyanates is 1. The Morgan fingerprint density at radius 2 is 2.36 bits per heavy atom. The molecule has 0 atom stereocenters. The first-order valence-electron chi connectivity index (χ1n) is 3.17. The van der Waals surface area contributed by atoms with Gasteiger partial charge in [-0.15, -0.1) is 0 Å². The molecule has 0 rings (SSSR count). The van der Waals surface area contributed by atoms with Gasteiger partial charge in [0.15, 0.2) is 0 Å². The Labute approximate surface area is 64.5 Å². The molecule has 4 nitrogen and oxygen atoms in total. The second kappa shape index (κ2) is 5.38. The number of hydrogen-bond donors (Lipinski definition) is 0. The van der Waals surface area contributed by atoms with Gasteiger partial charge in [0, 0.05) is 10.7 Å². The SMILES string of the molecule is CCC=C(C)C(=O)ON=C=O. The van der Waals surface area contributed by atoms with Crippen LogP contribution < -0.4 is 0 Å². The van der Waals surface area contributed by atoms with Crippen molar-refractivity contribution in [2.24, 2.45) is 5.16 Å². The molecule has 0 aliphatic heterocycles. The van der Waals surface area contributed by atoms with Gasteiger partial charge in [-0.05, 0) is 13.3 Å². The zero-order valence-electron chi connectivity index (χ0n) is 6.46. The molecule has 0 bridgehead atoms. The molecule has 0 amide bonds. The number of nitrogens with zero attached hydrogens (tertiary/aromatic N) is 1. The summed E-state index contributed by atoms with van der Waals surface area (Å²) in [6, 6.07) is 0. The van der Waals surface area contributed by atoms with Gasteiger partial charge < -0.3 is 4.84 Å². The van der Waals surface area contributed by atoms with Crippen molar-refractivity contribution in [2.75, 3.05) is 0 Å². The fraction of sp³-hybridized carbons (Fsp3) is 0.429. The Hall–Kier alpha value is -1.41. The van der Waals surface area contributed by atoms with E-state index in [1.54, 1.807) is 13.0 Å². The van der Waals surface area contributed by atoms with Gasteiger partial charge in [-0.1, -0.05) is 13.0 Å². The Morgan fingerprint density at radius 3 is 2.82 bits per heavy atom. The fourth-order valence-corrected chi connectivity index (χ4v) is 0.522. The molecule has 0 heterocycles. The first-order valence-corrected chi connectivity index (χ1v) is 3.17. The van der Waals surface area contributed by atoms with Crippen LogP contribution in [-0.4, -0.2) is 12.0 Å². The zero-order valence-corrected chi connectivity index (χ0v) is 6.46. The van der Waals surface area contributed by atoms with Crippen LogP contribution in [0.1, 0.15) is 20.3 Å². The number of rotatable bonds is 3. The van der Waals surface area contributed by atoms with E-state index in [-0.39, 0.29) is 0 Å². The summed E-state index contributed by atoms with van der Waals surface area (Å²) in [7, 11) is 0. The summed E-state index contributed by atoms with van der Waals surface area (Å²) in [5.74, 6) is -0.616. The maximum atomic E-state index is 10.7. The second-order valence-corrected chi connectivity index (χ2v) is 1.86. The van der Waals surface area contributed by atoms with Crippen LogP contribution >= 0.6 is 0 Å². The fourth-order valence-electron chi connectivity index (χ4n) is 0.522. The molecule has 4 heteroatoms. The Morgan fingerprint density at radius 1 is 1.73 bits per heavy atom. The van der Waals surface area contributed by atoms with E-state index in [1.807, 2.05) is 6.92 Å². The predicted molar refractivity (Wildman–Crippen MR) is 38.3 cm³/mol. The van der Waals surface area contributed by atoms with Crippen LogP contribution in [0.15, 0.2) is 16.8 Å². The summed E-state index contributed by atoms with van der Waals surface area (Å²) in [4.78, 5) is 24.3. The molecular weight excluding hydrogens is 146 g/mol. The molecule has 0 aliphatic rings. The highest BCUT2D eigenvalue weighted by atomic mass is 16.7. The highest BCUT2D eigenvalue weighted by molar-refractivity contribution is 5.87. The molecule has 0 unspecified atom stereocenters. The van der Waals surface area contributed by atoms with E-state index in [9.17, 15) is 9.59 Å². The molecular formula is C7H9NO3. The lowest BCUT2D eigenvalue weighted by molar-refractivity contribution is -0.138. The van der Waals surface area contributed by atoms with Crippen LogP contribution in [-0.2, 0) is 14.4 Å². The molecule has 11 heavy (non-hydrogen) atoms. The van der Waals surface area contributed by atoms with Gasteiger partial charge in [-0.3, -0.25) is 0 Å². The number of carbonyl (C=O) groups excluding carboxylic acids is 2. The van der Waals surface area contributed by atoms with Gasteiger partial charge >= 0.3 is 5.97 Å². The predicted octanol–water partition coefficient (Wildman–Crippen LogP) is 1.14. The third-order valence-corrected chi connectivity index (χ3v) is 0.998. The summed E-state index contributed by atoms with van der Waals surface area (Å²) >= 11 is 0. The van der Waals surface area contributed by atoms with Crippen molar-refractivity contribution in [3.8, 4) is 0 Å². The van der Waals surface area contributed by atoms with Gasteiger partial charge in [0.1, 0.15) is 0 Å². The van der Waals surface area contributed by atoms with Crippen molar-refractivity contribution in [2.45, 2.75) is 20.3 Å². The van der Waals surface area contributed by atoms with E-state index in [0.717, 1.165) is 12.5 Å². The number of carbonyl (C=O) groups is 1. The van der Waals surface area contributed by atoms with Gasteiger partial charge in [0.25, 0.3) is 6.08 Å². The summed E-state index contributed by atoms with van der Waals surface area (Å²) in [5.41, 5.74) is 0.437. The molecule has 0 aromatic carbocycles. The van der Waals surface area contributed by atoms with Crippen molar-refractivity contribution in [1.29, 1.82) is 0 Å². The standard InChI is InChI=1S/C7H9NO3/c1-3-4-6(2)7(10)11-8-5-9/h4H,3H2,1-2H3. The van der Waals surface area contributed by atoms with Crippen molar-refractivity contribution < 1.29 is 14.4 Å². The van der Waals surface area contributed by atoms with E-state index in [0.29, 0.717) is 5.57 Å². The first-order chi connectivity index (χ1) is 5.22. The highest BCUT2D eigenvalue weighted by Gasteiger charge is 2.03. The molecule has 0 saturated carbocycles. The van der Waals surface area contributed by atoms with E-state index in [2.05, 4.69) is 9.99 Å².